The molecule has 0 aliphatic carbocycles. The molecule has 1 saturated heterocycles. The lowest BCUT2D eigenvalue weighted by Crippen LogP contribution is -2.40. The molecule has 0 bridgehead atoms. The van der Waals surface area contributed by atoms with E-state index in [4.69, 9.17) is 27.9 Å². The van der Waals surface area contributed by atoms with Crippen molar-refractivity contribution in [2.75, 3.05) is 36.9 Å². The van der Waals surface area contributed by atoms with Gasteiger partial charge in [0.2, 0.25) is 10.0 Å². The van der Waals surface area contributed by atoms with E-state index in [9.17, 15) is 17.6 Å². The second kappa shape index (κ2) is 10.9. The van der Waals surface area contributed by atoms with Crippen LogP contribution in [0.5, 0.6) is 0 Å². The number of morpholine rings is 1. The Morgan fingerprint density at radius 3 is 2.31 bits per heavy atom. The van der Waals surface area contributed by atoms with Crippen molar-refractivity contribution in [2.45, 2.75) is 10.9 Å². The van der Waals surface area contributed by atoms with E-state index in [0.29, 0.717) is 30.2 Å². The molecule has 0 radical (unpaired) electrons. The fraction of sp³-hybridized carbons (Fsp3) is 0.208. The van der Waals surface area contributed by atoms with Gasteiger partial charge in [0.15, 0.2) is 0 Å². The van der Waals surface area contributed by atoms with Crippen LogP contribution < -0.4 is 10.6 Å². The molecule has 1 atom stereocenters. The van der Waals surface area contributed by atoms with Crippen LogP contribution in [0, 0.1) is 5.82 Å². The van der Waals surface area contributed by atoms with Gasteiger partial charge in [-0.2, -0.15) is 4.31 Å². The molecule has 1 aliphatic heterocycles. The molecule has 1 unspecified atom stereocenters. The van der Waals surface area contributed by atoms with Gasteiger partial charge in [0.25, 0.3) is 5.91 Å². The third-order valence-corrected chi connectivity index (χ3v) is 8.08. The summed E-state index contributed by atoms with van der Waals surface area (Å²) in [4.78, 5) is 13.2. The Morgan fingerprint density at radius 1 is 0.943 bits per heavy atom. The second-order valence-corrected chi connectivity index (χ2v) is 10.5. The molecule has 3 aromatic carbocycles. The summed E-state index contributed by atoms with van der Waals surface area (Å²) in [5.41, 5.74) is 1.32. The van der Waals surface area contributed by atoms with Gasteiger partial charge in [0, 0.05) is 24.5 Å². The zero-order valence-corrected chi connectivity index (χ0v) is 20.7. The molecule has 1 aliphatic rings. The number of amides is 1. The summed E-state index contributed by atoms with van der Waals surface area (Å²) in [6.07, 6.45) is 0. The quantitative estimate of drug-likeness (QED) is 0.445. The highest BCUT2D eigenvalue weighted by Gasteiger charge is 2.29. The summed E-state index contributed by atoms with van der Waals surface area (Å²) >= 11 is 12.1. The normalized spacial score (nSPS) is 15.4. The number of sulfonamides is 1. The lowest BCUT2D eigenvalue weighted by molar-refractivity contribution is -0.117. The van der Waals surface area contributed by atoms with Gasteiger partial charge in [0.05, 0.1) is 23.3 Å². The summed E-state index contributed by atoms with van der Waals surface area (Å²) in [6.45, 7) is 1.06. The first-order valence-electron chi connectivity index (χ1n) is 10.7. The molecule has 1 heterocycles. The third-order valence-electron chi connectivity index (χ3n) is 5.41. The van der Waals surface area contributed by atoms with Crippen molar-refractivity contribution >= 4 is 50.5 Å². The van der Waals surface area contributed by atoms with E-state index in [1.165, 1.54) is 28.6 Å². The molecule has 11 heteroatoms. The molecule has 1 amide bonds. The smallest absolute Gasteiger partial charge is 0.251 e. The van der Waals surface area contributed by atoms with Crippen molar-refractivity contribution in [3.63, 3.8) is 0 Å². The second-order valence-electron chi connectivity index (χ2n) is 7.77. The van der Waals surface area contributed by atoms with Crippen LogP contribution >= 0.6 is 23.2 Å². The highest BCUT2D eigenvalue weighted by molar-refractivity contribution is 7.89. The minimum atomic E-state index is -3.86. The van der Waals surface area contributed by atoms with Crippen LogP contribution in [0.3, 0.4) is 0 Å². The van der Waals surface area contributed by atoms with Gasteiger partial charge in [-0.1, -0.05) is 53.5 Å². The Hall–Kier alpha value is -2.69. The van der Waals surface area contributed by atoms with Crippen LogP contribution in [-0.2, 0) is 19.6 Å². The highest BCUT2D eigenvalue weighted by Crippen LogP contribution is 2.31. The van der Waals surface area contributed by atoms with Crippen LogP contribution in [0.15, 0.2) is 71.6 Å². The fourth-order valence-corrected chi connectivity index (χ4v) is 5.71. The predicted molar refractivity (Wildman–Crippen MR) is 134 cm³/mol. The number of halogens is 3. The molecule has 7 nitrogen and oxygen atoms in total. The number of benzene rings is 3. The zero-order valence-electron chi connectivity index (χ0n) is 18.4. The van der Waals surface area contributed by atoms with Crippen LogP contribution in [0.1, 0.15) is 11.6 Å². The summed E-state index contributed by atoms with van der Waals surface area (Å²) < 4.78 is 46.5. The monoisotopic (exact) mass is 537 g/mol. The lowest BCUT2D eigenvalue weighted by atomic mass is 10.1. The van der Waals surface area contributed by atoms with E-state index in [1.54, 1.807) is 30.3 Å². The average Bonchev–Trinajstić information content (AvgIpc) is 2.86. The van der Waals surface area contributed by atoms with Crippen molar-refractivity contribution in [1.82, 2.24) is 4.31 Å². The first-order chi connectivity index (χ1) is 16.8. The van der Waals surface area contributed by atoms with Gasteiger partial charge in [-0.15, -0.1) is 0 Å². The number of nitrogens with one attached hydrogen (secondary N) is 2. The van der Waals surface area contributed by atoms with Gasteiger partial charge >= 0.3 is 0 Å². The number of rotatable bonds is 7. The molecule has 0 saturated carbocycles. The van der Waals surface area contributed by atoms with E-state index < -0.39 is 27.8 Å². The van der Waals surface area contributed by atoms with Crippen molar-refractivity contribution in [2.24, 2.45) is 0 Å². The van der Waals surface area contributed by atoms with Crippen molar-refractivity contribution in [3.05, 3.63) is 88.2 Å². The fourth-order valence-electron chi connectivity index (χ4n) is 3.62. The van der Waals surface area contributed by atoms with E-state index in [2.05, 4.69) is 10.6 Å². The van der Waals surface area contributed by atoms with Crippen LogP contribution in [0.2, 0.25) is 10.0 Å². The van der Waals surface area contributed by atoms with E-state index >= 15 is 0 Å². The van der Waals surface area contributed by atoms with Crippen LogP contribution in [0.25, 0.3) is 0 Å². The maximum absolute atomic E-state index is 13.5. The largest absolute Gasteiger partial charge is 0.379 e. The topological polar surface area (TPSA) is 87.7 Å². The number of anilines is 2. The SMILES string of the molecule is O=C(Nc1ccc(F)c(Cl)c1)C(Nc1ccc(Cl)c(S(=O)(=O)N2CCOCC2)c1)c1ccccc1. The molecule has 184 valence electrons. The first kappa shape index (κ1) is 25.4. The molecule has 3 aromatic rings. The standard InChI is InChI=1S/C24H22Cl2FN3O4S/c25-19-8-6-18(15-22(19)35(32,33)30-10-12-34-13-11-30)28-23(16-4-2-1-3-5-16)24(31)29-17-7-9-21(27)20(26)14-17/h1-9,14-15,23,28H,10-13H2,(H,29,31). The van der Waals surface area contributed by atoms with Gasteiger partial charge < -0.3 is 15.4 Å². The number of hydrogen-bond donors (Lipinski definition) is 2. The predicted octanol–water partition coefficient (Wildman–Crippen LogP) is 4.95. The molecule has 0 spiro atoms. The molecule has 4 rings (SSSR count). The Balaban J connectivity index is 1.64. The van der Waals surface area contributed by atoms with Crippen molar-refractivity contribution < 1.29 is 22.3 Å². The van der Waals surface area contributed by atoms with Crippen LogP contribution in [0.4, 0.5) is 15.8 Å². The Morgan fingerprint density at radius 2 is 1.63 bits per heavy atom. The van der Waals surface area contributed by atoms with E-state index in [-0.39, 0.29) is 28.0 Å². The van der Waals surface area contributed by atoms with E-state index in [1.807, 2.05) is 6.07 Å². The summed E-state index contributed by atoms with van der Waals surface area (Å²) in [6, 6.07) is 16.3. The van der Waals surface area contributed by atoms with Crippen molar-refractivity contribution in [3.8, 4) is 0 Å². The number of nitrogens with zero attached hydrogens (tertiary/aromatic N) is 1. The molecule has 2 N–H and O–H groups in total. The van der Waals surface area contributed by atoms with Gasteiger partial charge in [-0.05, 0) is 42.0 Å². The van der Waals surface area contributed by atoms with E-state index in [0.717, 1.165) is 6.07 Å². The molecule has 0 aromatic heterocycles. The molecule has 35 heavy (non-hydrogen) atoms. The summed E-state index contributed by atoms with van der Waals surface area (Å²) in [7, 11) is -3.86. The minimum absolute atomic E-state index is 0.0661. The molecule has 1 fully saturated rings. The zero-order chi connectivity index (χ0) is 25.0. The number of carbonyl (C=O) groups excluding carboxylic acids is 1. The van der Waals surface area contributed by atoms with Gasteiger partial charge in [-0.25, -0.2) is 12.8 Å². The Labute approximate surface area is 212 Å². The lowest BCUT2D eigenvalue weighted by Gasteiger charge is -2.27. The number of ether oxygens (including phenoxy) is 1. The first-order valence-corrected chi connectivity index (χ1v) is 12.9. The minimum Gasteiger partial charge on any atom is -0.379 e. The molecular weight excluding hydrogens is 516 g/mol. The summed E-state index contributed by atoms with van der Waals surface area (Å²) in [5.74, 6) is -1.05. The number of carbonyl (C=O) groups is 1. The third kappa shape index (κ3) is 5.94. The van der Waals surface area contributed by atoms with Crippen molar-refractivity contribution in [1.29, 1.82) is 0 Å². The van der Waals surface area contributed by atoms with Gasteiger partial charge in [0.1, 0.15) is 16.8 Å². The van der Waals surface area contributed by atoms with Crippen LogP contribution in [-0.4, -0.2) is 44.9 Å². The van der Waals surface area contributed by atoms with Gasteiger partial charge in [-0.3, -0.25) is 4.79 Å². The molecular formula is C24H22Cl2FN3O4S. The Bertz CT molecular complexity index is 1320. The highest BCUT2D eigenvalue weighted by atomic mass is 35.5. The summed E-state index contributed by atoms with van der Waals surface area (Å²) in [5, 5.41) is 5.77. The maximum atomic E-state index is 13.5. The number of hydrogen-bond acceptors (Lipinski definition) is 5. The Kier molecular flexibility index (Phi) is 7.93. The maximum Gasteiger partial charge on any atom is 0.251 e. The average molecular weight is 538 g/mol.